The Morgan fingerprint density at radius 2 is 1.71 bits per heavy atom. The molecule has 2 rings (SSSR count). The fourth-order valence-electron chi connectivity index (χ4n) is 2.22. The maximum Gasteiger partial charge on any atom is 0.241 e. The van der Waals surface area contributed by atoms with Crippen molar-refractivity contribution in [2.24, 2.45) is 5.73 Å². The van der Waals surface area contributed by atoms with E-state index >= 15 is 0 Å². The summed E-state index contributed by atoms with van der Waals surface area (Å²) in [5.74, 6) is 0.540. The monoisotopic (exact) mass is 284 g/mol. The molecular weight excluding hydrogens is 264 g/mol. The first-order chi connectivity index (χ1) is 10.1. The van der Waals surface area contributed by atoms with Crippen LogP contribution in [0.15, 0.2) is 54.6 Å². The van der Waals surface area contributed by atoms with E-state index in [1.165, 1.54) is 0 Å². The molecular formula is C17H20N2O2. The van der Waals surface area contributed by atoms with Crippen molar-refractivity contribution in [3.63, 3.8) is 0 Å². The van der Waals surface area contributed by atoms with E-state index in [2.05, 4.69) is 5.32 Å². The van der Waals surface area contributed by atoms with Gasteiger partial charge >= 0.3 is 0 Å². The lowest BCUT2D eigenvalue weighted by molar-refractivity contribution is -0.123. The highest BCUT2D eigenvalue weighted by Crippen LogP contribution is 2.24. The molecule has 1 unspecified atom stereocenters. The van der Waals surface area contributed by atoms with Crippen molar-refractivity contribution in [1.29, 1.82) is 0 Å². The molecule has 0 saturated heterocycles. The third-order valence-corrected chi connectivity index (χ3v) is 3.41. The van der Waals surface area contributed by atoms with Gasteiger partial charge in [-0.25, -0.2) is 0 Å². The van der Waals surface area contributed by atoms with Gasteiger partial charge in [-0.15, -0.1) is 0 Å². The maximum atomic E-state index is 12.2. The molecule has 0 aromatic heterocycles. The van der Waals surface area contributed by atoms with E-state index in [4.69, 9.17) is 10.5 Å². The SMILES string of the molecule is COc1ccccc1C(C)NC(=O)[C@H](N)c1ccccc1. The number of carbonyl (C=O) groups excluding carboxylic acids is 1. The van der Waals surface area contributed by atoms with E-state index in [-0.39, 0.29) is 11.9 Å². The molecule has 0 spiro atoms. The van der Waals surface area contributed by atoms with Crippen LogP contribution in [0.3, 0.4) is 0 Å². The zero-order chi connectivity index (χ0) is 15.2. The van der Waals surface area contributed by atoms with Crippen LogP contribution >= 0.6 is 0 Å². The molecule has 2 atom stereocenters. The molecule has 0 heterocycles. The molecule has 0 radical (unpaired) electrons. The smallest absolute Gasteiger partial charge is 0.241 e. The van der Waals surface area contributed by atoms with E-state index in [9.17, 15) is 4.79 Å². The molecule has 4 heteroatoms. The van der Waals surface area contributed by atoms with Gasteiger partial charge in [0.25, 0.3) is 0 Å². The molecule has 0 fully saturated rings. The number of nitrogens with two attached hydrogens (primary N) is 1. The normalized spacial score (nSPS) is 13.3. The van der Waals surface area contributed by atoms with Crippen LogP contribution in [0.25, 0.3) is 0 Å². The fraction of sp³-hybridized carbons (Fsp3) is 0.235. The van der Waals surface area contributed by atoms with Crippen molar-refractivity contribution in [1.82, 2.24) is 5.32 Å². The van der Waals surface area contributed by atoms with E-state index < -0.39 is 6.04 Å². The summed E-state index contributed by atoms with van der Waals surface area (Å²) in [7, 11) is 1.61. The molecule has 0 aliphatic rings. The summed E-state index contributed by atoms with van der Waals surface area (Å²) < 4.78 is 5.31. The second-order valence-corrected chi connectivity index (χ2v) is 4.86. The molecule has 0 aliphatic carbocycles. The van der Waals surface area contributed by atoms with Crippen LogP contribution in [0.4, 0.5) is 0 Å². The Morgan fingerprint density at radius 1 is 1.10 bits per heavy atom. The van der Waals surface area contributed by atoms with Crippen LogP contribution in [-0.2, 0) is 4.79 Å². The Morgan fingerprint density at radius 3 is 2.38 bits per heavy atom. The predicted molar refractivity (Wildman–Crippen MR) is 82.9 cm³/mol. The summed E-state index contributed by atoms with van der Waals surface area (Å²) >= 11 is 0. The van der Waals surface area contributed by atoms with Crippen LogP contribution in [0.1, 0.15) is 30.1 Å². The zero-order valence-corrected chi connectivity index (χ0v) is 12.2. The molecule has 1 amide bonds. The Bertz CT molecular complexity index is 599. The van der Waals surface area contributed by atoms with Gasteiger partial charge in [0.15, 0.2) is 0 Å². The van der Waals surface area contributed by atoms with Gasteiger partial charge in [0, 0.05) is 5.56 Å². The van der Waals surface area contributed by atoms with Crippen molar-refractivity contribution >= 4 is 5.91 Å². The number of benzene rings is 2. The third kappa shape index (κ3) is 3.61. The van der Waals surface area contributed by atoms with E-state index in [0.29, 0.717) is 0 Å². The van der Waals surface area contributed by atoms with Gasteiger partial charge in [-0.2, -0.15) is 0 Å². The number of hydrogen-bond donors (Lipinski definition) is 2. The molecule has 2 aromatic rings. The first-order valence-corrected chi connectivity index (χ1v) is 6.87. The average Bonchev–Trinajstić information content (AvgIpc) is 2.54. The minimum atomic E-state index is -0.677. The third-order valence-electron chi connectivity index (χ3n) is 3.41. The van der Waals surface area contributed by atoms with Gasteiger partial charge in [-0.3, -0.25) is 4.79 Å². The Hall–Kier alpha value is -2.33. The lowest BCUT2D eigenvalue weighted by Gasteiger charge is -2.20. The summed E-state index contributed by atoms with van der Waals surface area (Å²) in [5, 5.41) is 2.93. The minimum Gasteiger partial charge on any atom is -0.496 e. The Balaban J connectivity index is 2.09. The van der Waals surface area contributed by atoms with E-state index in [1.54, 1.807) is 7.11 Å². The highest BCUT2D eigenvalue weighted by atomic mass is 16.5. The lowest BCUT2D eigenvalue weighted by Crippen LogP contribution is -2.35. The molecule has 0 bridgehead atoms. The topological polar surface area (TPSA) is 64.3 Å². The van der Waals surface area contributed by atoms with Crippen molar-refractivity contribution < 1.29 is 9.53 Å². The van der Waals surface area contributed by atoms with Crippen LogP contribution in [0.5, 0.6) is 5.75 Å². The summed E-state index contributed by atoms with van der Waals surface area (Å²) in [5.41, 5.74) is 7.71. The van der Waals surface area contributed by atoms with Crippen molar-refractivity contribution in [3.8, 4) is 5.75 Å². The summed E-state index contributed by atoms with van der Waals surface area (Å²) in [6.45, 7) is 1.91. The van der Waals surface area contributed by atoms with Gasteiger partial charge in [0.2, 0.25) is 5.91 Å². The fourth-order valence-corrected chi connectivity index (χ4v) is 2.22. The molecule has 0 saturated carbocycles. The molecule has 3 N–H and O–H groups in total. The highest BCUT2D eigenvalue weighted by molar-refractivity contribution is 5.83. The van der Waals surface area contributed by atoms with Gasteiger partial charge in [-0.1, -0.05) is 48.5 Å². The number of methoxy groups -OCH3 is 1. The molecule has 21 heavy (non-hydrogen) atoms. The summed E-state index contributed by atoms with van der Waals surface area (Å²) in [6, 6.07) is 16.1. The average molecular weight is 284 g/mol. The van der Waals surface area contributed by atoms with Crippen molar-refractivity contribution in [2.45, 2.75) is 19.0 Å². The largest absolute Gasteiger partial charge is 0.496 e. The molecule has 110 valence electrons. The lowest BCUT2D eigenvalue weighted by atomic mass is 10.0. The highest BCUT2D eigenvalue weighted by Gasteiger charge is 2.19. The number of carbonyl (C=O) groups is 1. The Kier molecular flexibility index (Phi) is 4.95. The second-order valence-electron chi connectivity index (χ2n) is 4.86. The number of amides is 1. The van der Waals surface area contributed by atoms with E-state index in [0.717, 1.165) is 16.9 Å². The first-order valence-electron chi connectivity index (χ1n) is 6.87. The number of para-hydroxylation sites is 1. The summed E-state index contributed by atoms with van der Waals surface area (Å²) in [4.78, 5) is 12.2. The standard InChI is InChI=1S/C17H20N2O2/c1-12(14-10-6-7-11-15(14)21-2)19-17(20)16(18)13-8-4-3-5-9-13/h3-12,16H,18H2,1-2H3,(H,19,20)/t12?,16-/m1/s1. The van der Waals surface area contributed by atoms with Crippen LogP contribution in [-0.4, -0.2) is 13.0 Å². The zero-order valence-electron chi connectivity index (χ0n) is 12.2. The predicted octanol–water partition coefficient (Wildman–Crippen LogP) is 2.57. The second kappa shape index (κ2) is 6.90. The van der Waals surface area contributed by atoms with Gasteiger partial charge in [-0.05, 0) is 18.6 Å². The molecule has 2 aromatic carbocycles. The quantitative estimate of drug-likeness (QED) is 0.887. The Labute approximate surface area is 124 Å². The molecule has 4 nitrogen and oxygen atoms in total. The van der Waals surface area contributed by atoms with Crippen molar-refractivity contribution in [3.05, 3.63) is 65.7 Å². The number of rotatable bonds is 5. The maximum absolute atomic E-state index is 12.2. The number of hydrogen-bond acceptors (Lipinski definition) is 3. The van der Waals surface area contributed by atoms with E-state index in [1.807, 2.05) is 61.5 Å². The first kappa shape index (κ1) is 15.1. The van der Waals surface area contributed by atoms with Gasteiger partial charge < -0.3 is 15.8 Å². The van der Waals surface area contributed by atoms with Crippen LogP contribution < -0.4 is 15.8 Å². The summed E-state index contributed by atoms with van der Waals surface area (Å²) in [6.07, 6.45) is 0. The van der Waals surface area contributed by atoms with Gasteiger partial charge in [0.1, 0.15) is 11.8 Å². The van der Waals surface area contributed by atoms with Crippen LogP contribution in [0, 0.1) is 0 Å². The molecule has 0 aliphatic heterocycles. The van der Waals surface area contributed by atoms with Crippen LogP contribution in [0.2, 0.25) is 0 Å². The minimum absolute atomic E-state index is 0.177. The number of nitrogens with one attached hydrogen (secondary N) is 1. The van der Waals surface area contributed by atoms with Gasteiger partial charge in [0.05, 0.1) is 13.2 Å². The number of ether oxygens (including phenoxy) is 1. The van der Waals surface area contributed by atoms with Crippen molar-refractivity contribution in [2.75, 3.05) is 7.11 Å².